The summed E-state index contributed by atoms with van der Waals surface area (Å²) in [5.74, 6) is -1.89. The lowest BCUT2D eigenvalue weighted by Gasteiger charge is -2.37. The molecule has 0 aromatic carbocycles. The number of hydrogen-bond acceptors (Lipinski definition) is 5. The molecule has 1 unspecified atom stereocenters. The second-order valence-electron chi connectivity index (χ2n) is 5.81. The average Bonchev–Trinajstić information content (AvgIpc) is 2.59. The molecule has 0 spiro atoms. The molecule has 0 radical (unpaired) electrons. The summed E-state index contributed by atoms with van der Waals surface area (Å²) in [6.45, 7) is 2.68. The van der Waals surface area contributed by atoms with Crippen LogP contribution in [0.2, 0.25) is 0 Å². The molecule has 116 valence electrons. The van der Waals surface area contributed by atoms with Crippen LogP contribution in [-0.4, -0.2) is 51.4 Å². The van der Waals surface area contributed by atoms with E-state index in [0.717, 1.165) is 4.90 Å². The molecular formula is C14H14N2O5S. The lowest BCUT2D eigenvalue weighted by Crippen LogP contribution is -2.58. The number of fused-ring (bicyclic) bond motifs is 1. The van der Waals surface area contributed by atoms with Gasteiger partial charge in [0.2, 0.25) is 0 Å². The van der Waals surface area contributed by atoms with Crippen LogP contribution in [0, 0.1) is 0 Å². The van der Waals surface area contributed by atoms with E-state index in [2.05, 4.69) is 4.98 Å². The van der Waals surface area contributed by atoms with Gasteiger partial charge < -0.3 is 10.0 Å². The van der Waals surface area contributed by atoms with Gasteiger partial charge in [0.1, 0.15) is 4.75 Å². The number of nitrogens with zero attached hydrogens (tertiary/aromatic N) is 2. The summed E-state index contributed by atoms with van der Waals surface area (Å²) < 4.78 is 23.7. The Morgan fingerprint density at radius 2 is 2.09 bits per heavy atom. The Labute approximate surface area is 127 Å². The van der Waals surface area contributed by atoms with Gasteiger partial charge in [-0.2, -0.15) is 0 Å². The first-order valence-corrected chi connectivity index (χ1v) is 8.16. The predicted octanol–water partition coefficient (Wildman–Crippen LogP) is 0.294. The first-order chi connectivity index (χ1) is 10.2. The molecule has 8 heteroatoms. The summed E-state index contributed by atoms with van der Waals surface area (Å²) in [5.41, 5.74) is 0.521. The topological polar surface area (TPSA) is 105 Å². The van der Waals surface area contributed by atoms with Gasteiger partial charge in [0.25, 0.3) is 5.91 Å². The van der Waals surface area contributed by atoms with Gasteiger partial charge in [-0.05, 0) is 32.1 Å². The maximum Gasteiger partial charge on any atom is 0.328 e. The van der Waals surface area contributed by atoms with Crippen LogP contribution in [0.4, 0.5) is 0 Å². The van der Waals surface area contributed by atoms with E-state index in [-0.39, 0.29) is 5.57 Å². The first kappa shape index (κ1) is 14.7. The summed E-state index contributed by atoms with van der Waals surface area (Å²) in [4.78, 5) is 28.6. The molecule has 1 N–H and O–H groups in total. The monoisotopic (exact) mass is 322 g/mol. The highest BCUT2D eigenvalue weighted by atomic mass is 32.2. The number of rotatable bonds is 2. The number of aliphatic carboxylic acids is 1. The second kappa shape index (κ2) is 4.39. The zero-order chi connectivity index (χ0) is 16.3. The average molecular weight is 322 g/mol. The van der Waals surface area contributed by atoms with Crippen molar-refractivity contribution < 1.29 is 23.1 Å². The summed E-state index contributed by atoms with van der Waals surface area (Å²) in [5, 5.41) is 8.10. The van der Waals surface area contributed by atoms with E-state index in [0.29, 0.717) is 5.69 Å². The Hall–Kier alpha value is -2.22. The highest BCUT2D eigenvalue weighted by Crippen LogP contribution is 2.48. The maximum absolute atomic E-state index is 12.6. The molecule has 22 heavy (non-hydrogen) atoms. The summed E-state index contributed by atoms with van der Waals surface area (Å²) >= 11 is 0. The number of carbonyl (C=O) groups excluding carboxylic acids is 1. The van der Waals surface area contributed by atoms with Gasteiger partial charge in [-0.3, -0.25) is 9.78 Å². The molecule has 0 saturated carbocycles. The molecule has 2 fully saturated rings. The van der Waals surface area contributed by atoms with Crippen molar-refractivity contribution in [3.63, 3.8) is 0 Å². The molecule has 2 atom stereocenters. The number of β-lactam (4-membered cyclic amide) rings is 1. The number of carboxylic acid groups (broad SMARTS) is 1. The zero-order valence-electron chi connectivity index (χ0n) is 11.9. The fourth-order valence-electron chi connectivity index (χ4n) is 2.96. The molecule has 3 heterocycles. The van der Waals surface area contributed by atoms with Crippen molar-refractivity contribution in [2.45, 2.75) is 30.0 Å². The Bertz CT molecular complexity index is 798. The van der Waals surface area contributed by atoms with Crippen LogP contribution in [-0.2, 0) is 19.4 Å². The SMILES string of the molecule is CC1(C)[C@H](C(=O)O)N2C(=O)/C(=C/c3ccccn3)C2S1(=O)=O. The van der Waals surface area contributed by atoms with E-state index in [1.807, 2.05) is 0 Å². The normalized spacial score (nSPS) is 30.0. The molecule has 0 bridgehead atoms. The van der Waals surface area contributed by atoms with E-state index in [1.165, 1.54) is 26.1 Å². The smallest absolute Gasteiger partial charge is 0.328 e. The minimum atomic E-state index is -3.83. The maximum atomic E-state index is 12.6. The highest BCUT2D eigenvalue weighted by Gasteiger charge is 2.70. The lowest BCUT2D eigenvalue weighted by atomic mass is 9.95. The molecule has 1 amide bonds. The molecule has 1 aromatic heterocycles. The molecular weight excluding hydrogens is 308 g/mol. The third-order valence-corrected chi connectivity index (χ3v) is 6.95. The minimum Gasteiger partial charge on any atom is -0.480 e. The van der Waals surface area contributed by atoms with Crippen LogP contribution in [0.3, 0.4) is 0 Å². The number of hydrogen-bond donors (Lipinski definition) is 1. The molecule has 2 aliphatic rings. The molecule has 0 aliphatic carbocycles. The number of pyridine rings is 1. The Kier molecular flexibility index (Phi) is 2.93. The number of carboxylic acids is 1. The van der Waals surface area contributed by atoms with Crippen LogP contribution < -0.4 is 0 Å². The van der Waals surface area contributed by atoms with E-state index >= 15 is 0 Å². The van der Waals surface area contributed by atoms with Crippen molar-refractivity contribution >= 4 is 27.8 Å². The van der Waals surface area contributed by atoms with Gasteiger partial charge in [-0.1, -0.05) is 6.07 Å². The molecule has 1 aromatic rings. The second-order valence-corrected chi connectivity index (χ2v) is 8.40. The third-order valence-electron chi connectivity index (χ3n) is 4.19. The van der Waals surface area contributed by atoms with Crippen molar-refractivity contribution in [3.8, 4) is 0 Å². The molecule has 7 nitrogen and oxygen atoms in total. The van der Waals surface area contributed by atoms with Crippen LogP contribution in [0.25, 0.3) is 6.08 Å². The van der Waals surface area contributed by atoms with Crippen molar-refractivity contribution in [3.05, 3.63) is 35.7 Å². The summed E-state index contributed by atoms with van der Waals surface area (Å²) in [6.07, 6.45) is 2.93. The summed E-state index contributed by atoms with van der Waals surface area (Å²) in [6, 6.07) is 3.68. The minimum absolute atomic E-state index is 0.0653. The van der Waals surface area contributed by atoms with Gasteiger partial charge in [0.15, 0.2) is 21.3 Å². The van der Waals surface area contributed by atoms with Gasteiger partial charge in [-0.25, -0.2) is 13.2 Å². The molecule has 3 rings (SSSR count). The van der Waals surface area contributed by atoms with Gasteiger partial charge in [0.05, 0.1) is 11.3 Å². The zero-order valence-corrected chi connectivity index (χ0v) is 12.7. The number of aromatic nitrogens is 1. The fourth-order valence-corrected chi connectivity index (χ4v) is 5.08. The number of sulfone groups is 1. The van der Waals surface area contributed by atoms with Crippen molar-refractivity contribution in [2.24, 2.45) is 0 Å². The van der Waals surface area contributed by atoms with E-state index in [1.54, 1.807) is 18.2 Å². The predicted molar refractivity (Wildman–Crippen MR) is 77.3 cm³/mol. The van der Waals surface area contributed by atoms with Crippen LogP contribution in [0.15, 0.2) is 30.0 Å². The van der Waals surface area contributed by atoms with Gasteiger partial charge in [0, 0.05) is 6.20 Å². The van der Waals surface area contributed by atoms with Crippen molar-refractivity contribution in [2.75, 3.05) is 0 Å². The van der Waals surface area contributed by atoms with Gasteiger partial charge in [-0.15, -0.1) is 0 Å². The summed E-state index contributed by atoms with van der Waals surface area (Å²) in [7, 11) is -3.83. The number of amides is 1. The van der Waals surface area contributed by atoms with Crippen LogP contribution in [0.5, 0.6) is 0 Å². The van der Waals surface area contributed by atoms with Crippen LogP contribution in [0.1, 0.15) is 19.5 Å². The Morgan fingerprint density at radius 1 is 1.41 bits per heavy atom. The van der Waals surface area contributed by atoms with E-state index < -0.39 is 37.9 Å². The largest absolute Gasteiger partial charge is 0.480 e. The quantitative estimate of drug-likeness (QED) is 0.620. The fraction of sp³-hybridized carbons (Fsp3) is 0.357. The first-order valence-electron chi connectivity index (χ1n) is 6.61. The highest BCUT2D eigenvalue weighted by molar-refractivity contribution is 7.94. The standard InChI is InChI=1S/C14H14N2O5S/c1-14(2)10(13(18)19)16-11(17)9(12(16)22(14,20)21)7-8-5-3-4-6-15-8/h3-7,10,12H,1-2H3,(H,18,19)/b9-7-/t10-,12?/m0/s1. The lowest BCUT2D eigenvalue weighted by molar-refractivity contribution is -0.152. The van der Waals surface area contributed by atoms with Crippen molar-refractivity contribution in [1.82, 2.24) is 9.88 Å². The van der Waals surface area contributed by atoms with E-state index in [4.69, 9.17) is 0 Å². The van der Waals surface area contributed by atoms with Crippen molar-refractivity contribution in [1.29, 1.82) is 0 Å². The number of carbonyl (C=O) groups is 2. The molecule has 2 aliphatic heterocycles. The van der Waals surface area contributed by atoms with Crippen LogP contribution >= 0.6 is 0 Å². The Morgan fingerprint density at radius 3 is 2.64 bits per heavy atom. The van der Waals surface area contributed by atoms with E-state index in [9.17, 15) is 23.1 Å². The van der Waals surface area contributed by atoms with Gasteiger partial charge >= 0.3 is 5.97 Å². The molecule has 2 saturated heterocycles. The third kappa shape index (κ3) is 1.67. The Balaban J connectivity index is 2.11.